The van der Waals surface area contributed by atoms with E-state index >= 15 is 0 Å². The van der Waals surface area contributed by atoms with Crippen molar-refractivity contribution < 1.29 is 14.7 Å². The third-order valence-electron chi connectivity index (χ3n) is 6.29. The van der Waals surface area contributed by atoms with Crippen LogP contribution in [0.3, 0.4) is 0 Å². The van der Waals surface area contributed by atoms with Gasteiger partial charge >= 0.3 is 5.97 Å². The number of rotatable bonds is 8. The van der Waals surface area contributed by atoms with E-state index in [9.17, 15) is 19.6 Å². The number of carboxylic acid groups (broad SMARTS) is 1. The van der Waals surface area contributed by atoms with Gasteiger partial charge in [0.05, 0.1) is 4.91 Å². The van der Waals surface area contributed by atoms with E-state index in [-0.39, 0.29) is 23.5 Å². The van der Waals surface area contributed by atoms with Gasteiger partial charge in [-0.3, -0.25) is 23.9 Å². The van der Waals surface area contributed by atoms with Gasteiger partial charge in [0.1, 0.15) is 21.8 Å². The summed E-state index contributed by atoms with van der Waals surface area (Å²) in [6.45, 7) is 3.83. The van der Waals surface area contributed by atoms with Crippen molar-refractivity contribution in [2.75, 3.05) is 24.5 Å². The lowest BCUT2D eigenvalue weighted by molar-refractivity contribution is -0.137. The number of aromatic nitrogens is 1. The molecule has 2 saturated heterocycles. The SMILES string of the molecule is Cc1c(/C=C2/SC(=S)N(CCCCCC(=O)O)C2=O)c(N2CCCCCC2)n(C)c(=O)c1C#N. The lowest BCUT2D eigenvalue weighted by Gasteiger charge is -2.28. The van der Waals surface area contributed by atoms with Crippen molar-refractivity contribution in [3.63, 3.8) is 0 Å². The highest BCUT2D eigenvalue weighted by molar-refractivity contribution is 8.26. The molecule has 1 aromatic rings. The molecular formula is C24H30N4O4S2. The number of amides is 1. The van der Waals surface area contributed by atoms with E-state index in [1.54, 1.807) is 24.9 Å². The van der Waals surface area contributed by atoms with E-state index in [1.165, 1.54) is 16.3 Å². The number of anilines is 1. The molecule has 0 aromatic carbocycles. The molecule has 2 aliphatic heterocycles. The molecule has 8 nitrogen and oxygen atoms in total. The third-order valence-corrected chi connectivity index (χ3v) is 7.67. The van der Waals surface area contributed by atoms with Crippen LogP contribution in [0.2, 0.25) is 0 Å². The number of nitriles is 1. The van der Waals surface area contributed by atoms with Crippen LogP contribution in [-0.2, 0) is 16.6 Å². The molecule has 34 heavy (non-hydrogen) atoms. The summed E-state index contributed by atoms with van der Waals surface area (Å²) < 4.78 is 2.00. The lowest BCUT2D eigenvalue weighted by Crippen LogP contribution is -2.34. The largest absolute Gasteiger partial charge is 0.481 e. The van der Waals surface area contributed by atoms with Crippen LogP contribution in [0.15, 0.2) is 9.70 Å². The molecule has 1 aromatic heterocycles. The van der Waals surface area contributed by atoms with Crippen molar-refractivity contribution in [3.8, 4) is 6.07 Å². The highest BCUT2D eigenvalue weighted by atomic mass is 32.2. The molecule has 1 N–H and O–H groups in total. The van der Waals surface area contributed by atoms with Gasteiger partial charge in [-0.05, 0) is 44.2 Å². The number of carbonyl (C=O) groups excluding carboxylic acids is 1. The van der Waals surface area contributed by atoms with Crippen LogP contribution in [0.5, 0.6) is 0 Å². The van der Waals surface area contributed by atoms with Gasteiger partial charge in [-0.1, -0.05) is 43.2 Å². The average Bonchev–Trinajstić information content (AvgIpc) is 2.97. The third kappa shape index (κ3) is 5.70. The van der Waals surface area contributed by atoms with Gasteiger partial charge < -0.3 is 10.0 Å². The van der Waals surface area contributed by atoms with Crippen LogP contribution < -0.4 is 10.5 Å². The summed E-state index contributed by atoms with van der Waals surface area (Å²) in [5.41, 5.74) is 1.04. The second kappa shape index (κ2) is 11.7. The fraction of sp³-hybridized carbons (Fsp3) is 0.542. The minimum atomic E-state index is -0.821. The monoisotopic (exact) mass is 502 g/mol. The zero-order valence-electron chi connectivity index (χ0n) is 19.6. The van der Waals surface area contributed by atoms with Crippen LogP contribution >= 0.6 is 24.0 Å². The fourth-order valence-corrected chi connectivity index (χ4v) is 5.71. The van der Waals surface area contributed by atoms with Gasteiger partial charge in [-0.15, -0.1) is 0 Å². The minimum absolute atomic E-state index is 0.0845. The number of unbranched alkanes of at least 4 members (excludes halogenated alkanes) is 2. The summed E-state index contributed by atoms with van der Waals surface area (Å²) in [6, 6.07) is 2.04. The van der Waals surface area contributed by atoms with Crippen molar-refractivity contribution in [2.45, 2.75) is 58.3 Å². The van der Waals surface area contributed by atoms with E-state index < -0.39 is 5.97 Å². The number of hydrogen-bond donors (Lipinski definition) is 1. The Labute approximate surface area is 209 Å². The Bertz CT molecular complexity index is 1110. The first-order valence-corrected chi connectivity index (χ1v) is 12.8. The zero-order valence-corrected chi connectivity index (χ0v) is 21.3. The molecule has 0 unspecified atom stereocenters. The van der Waals surface area contributed by atoms with Gasteiger partial charge in [0, 0.05) is 38.7 Å². The summed E-state index contributed by atoms with van der Waals surface area (Å²) in [5.74, 6) is -0.276. The molecule has 182 valence electrons. The maximum atomic E-state index is 13.2. The highest BCUT2D eigenvalue weighted by Gasteiger charge is 2.32. The number of aliphatic carboxylic acids is 1. The predicted octanol–water partition coefficient (Wildman–Crippen LogP) is 3.79. The molecule has 3 heterocycles. The van der Waals surface area contributed by atoms with Crippen LogP contribution in [0.25, 0.3) is 6.08 Å². The molecule has 0 aliphatic carbocycles. The van der Waals surface area contributed by atoms with Gasteiger partial charge in [-0.2, -0.15) is 5.26 Å². The van der Waals surface area contributed by atoms with Gasteiger partial charge in [-0.25, -0.2) is 0 Å². The Morgan fingerprint density at radius 3 is 2.47 bits per heavy atom. The molecule has 0 bridgehead atoms. The summed E-state index contributed by atoms with van der Waals surface area (Å²) >= 11 is 6.67. The molecular weight excluding hydrogens is 472 g/mol. The summed E-state index contributed by atoms with van der Waals surface area (Å²) in [6.07, 6.45) is 8.15. The number of carbonyl (C=O) groups is 2. The van der Waals surface area contributed by atoms with E-state index in [2.05, 4.69) is 4.90 Å². The van der Waals surface area contributed by atoms with Crippen molar-refractivity contribution in [2.24, 2.45) is 7.05 Å². The van der Waals surface area contributed by atoms with Crippen LogP contribution in [-0.4, -0.2) is 50.4 Å². The smallest absolute Gasteiger partial charge is 0.303 e. The van der Waals surface area contributed by atoms with Crippen LogP contribution in [0, 0.1) is 18.3 Å². The van der Waals surface area contributed by atoms with E-state index in [1.807, 2.05) is 6.07 Å². The predicted molar refractivity (Wildman–Crippen MR) is 138 cm³/mol. The molecule has 3 rings (SSSR count). The lowest BCUT2D eigenvalue weighted by atomic mass is 10.0. The Balaban J connectivity index is 1.93. The molecule has 10 heteroatoms. The standard InChI is InChI=1S/C24H30N4O4S2/c1-16-17(14-19-23(32)28(24(33)34-19)13-9-5-6-10-20(29)30)21(26(2)22(31)18(16)15-25)27-11-7-3-4-8-12-27/h14H,3-13H2,1-2H3,(H,29,30)/b19-14+. The Kier molecular flexibility index (Phi) is 8.91. The van der Waals surface area contributed by atoms with E-state index in [0.717, 1.165) is 44.6 Å². The number of thioether (sulfide) groups is 1. The number of thiocarbonyl (C=S) groups is 1. The maximum absolute atomic E-state index is 13.2. The van der Waals surface area contributed by atoms with Gasteiger partial charge in [0.25, 0.3) is 11.5 Å². The molecule has 0 atom stereocenters. The maximum Gasteiger partial charge on any atom is 0.303 e. The second-order valence-electron chi connectivity index (χ2n) is 8.65. The molecule has 2 fully saturated rings. The van der Waals surface area contributed by atoms with Crippen molar-refractivity contribution in [3.05, 3.63) is 31.9 Å². The van der Waals surface area contributed by atoms with Crippen molar-refractivity contribution >= 4 is 52.1 Å². The van der Waals surface area contributed by atoms with E-state index in [0.29, 0.717) is 46.2 Å². The summed E-state index contributed by atoms with van der Waals surface area (Å²) in [7, 11) is 1.68. The molecule has 0 radical (unpaired) electrons. The van der Waals surface area contributed by atoms with Crippen LogP contribution in [0.1, 0.15) is 68.1 Å². The Morgan fingerprint density at radius 2 is 1.85 bits per heavy atom. The first-order valence-electron chi connectivity index (χ1n) is 11.6. The second-order valence-corrected chi connectivity index (χ2v) is 10.3. The topological polar surface area (TPSA) is 107 Å². The quantitative estimate of drug-likeness (QED) is 0.325. The Morgan fingerprint density at radius 1 is 1.18 bits per heavy atom. The fourth-order valence-electron chi connectivity index (χ4n) is 4.42. The first kappa shape index (κ1) is 26.0. The summed E-state index contributed by atoms with van der Waals surface area (Å²) in [4.78, 5) is 41.0. The molecule has 2 aliphatic rings. The minimum Gasteiger partial charge on any atom is -0.481 e. The Hall–Kier alpha value is -2.64. The average molecular weight is 503 g/mol. The number of pyridine rings is 1. The van der Waals surface area contributed by atoms with Crippen molar-refractivity contribution in [1.82, 2.24) is 9.47 Å². The highest BCUT2D eigenvalue weighted by Crippen LogP contribution is 2.36. The number of carboxylic acids is 1. The zero-order chi connectivity index (χ0) is 24.8. The molecule has 1 amide bonds. The van der Waals surface area contributed by atoms with Gasteiger partial charge in [0.15, 0.2) is 0 Å². The number of nitrogens with zero attached hydrogens (tertiary/aromatic N) is 4. The molecule has 0 saturated carbocycles. The molecule has 0 spiro atoms. The van der Waals surface area contributed by atoms with Crippen molar-refractivity contribution in [1.29, 1.82) is 5.26 Å². The van der Waals surface area contributed by atoms with Crippen LogP contribution in [0.4, 0.5) is 5.82 Å². The first-order chi connectivity index (χ1) is 16.3. The van der Waals surface area contributed by atoms with E-state index in [4.69, 9.17) is 17.3 Å². The summed E-state index contributed by atoms with van der Waals surface area (Å²) in [5, 5.41) is 18.4. The normalized spacial score (nSPS) is 17.9. The van der Waals surface area contributed by atoms with Gasteiger partial charge in [0.2, 0.25) is 0 Å². The number of hydrogen-bond acceptors (Lipinski definition) is 7.